The minimum absolute atomic E-state index is 0.289. The first-order valence-corrected chi connectivity index (χ1v) is 6.88. The van der Waals surface area contributed by atoms with Crippen molar-refractivity contribution in [1.29, 1.82) is 0 Å². The third-order valence-electron chi connectivity index (χ3n) is 2.12. The number of sulfone groups is 1. The number of carbonyl (C=O) groups is 1. The van der Waals surface area contributed by atoms with Gasteiger partial charge in [0, 0.05) is 5.54 Å². The van der Waals surface area contributed by atoms with E-state index < -0.39 is 32.3 Å². The molecule has 1 aromatic carbocycles. The van der Waals surface area contributed by atoms with Crippen molar-refractivity contribution in [2.24, 2.45) is 0 Å². The average molecular weight is 293 g/mol. The maximum Gasteiger partial charge on any atom is 0.335 e. The van der Waals surface area contributed by atoms with Crippen molar-refractivity contribution in [3.63, 3.8) is 0 Å². The molecular weight excluding hydrogens is 283 g/mol. The molecule has 1 rings (SSSR count). The standard InChI is InChI=1S/C11H10ClFO4S/c1-7(5-12)6-18(16,17)10-4-8(11(14)15)2-3-9(10)13/h2-5H,6H2,1H3,(H,14,15)/b7-5-. The Morgan fingerprint density at radius 2 is 2.11 bits per heavy atom. The fraction of sp³-hybridized carbons (Fsp3) is 0.182. The van der Waals surface area contributed by atoms with E-state index in [2.05, 4.69) is 0 Å². The minimum atomic E-state index is -3.95. The molecule has 18 heavy (non-hydrogen) atoms. The van der Waals surface area contributed by atoms with Gasteiger partial charge in [0.1, 0.15) is 10.7 Å². The van der Waals surface area contributed by atoms with Crippen LogP contribution < -0.4 is 0 Å². The molecule has 0 saturated carbocycles. The molecule has 0 atom stereocenters. The molecule has 0 unspecified atom stereocenters. The highest BCUT2D eigenvalue weighted by atomic mass is 35.5. The number of benzene rings is 1. The maximum absolute atomic E-state index is 13.5. The summed E-state index contributed by atoms with van der Waals surface area (Å²) < 4.78 is 37.2. The second kappa shape index (κ2) is 5.49. The molecule has 7 heteroatoms. The summed E-state index contributed by atoms with van der Waals surface area (Å²) in [7, 11) is -3.95. The highest BCUT2D eigenvalue weighted by Crippen LogP contribution is 2.20. The Balaban J connectivity index is 3.32. The van der Waals surface area contributed by atoms with Crippen LogP contribution in [-0.2, 0) is 9.84 Å². The number of rotatable bonds is 4. The minimum Gasteiger partial charge on any atom is -0.478 e. The van der Waals surface area contributed by atoms with Gasteiger partial charge in [0.05, 0.1) is 11.3 Å². The number of hydrogen-bond acceptors (Lipinski definition) is 3. The van der Waals surface area contributed by atoms with Crippen molar-refractivity contribution in [3.05, 3.63) is 40.7 Å². The summed E-state index contributed by atoms with van der Waals surface area (Å²) in [4.78, 5) is 10.1. The fourth-order valence-electron chi connectivity index (χ4n) is 1.28. The van der Waals surface area contributed by atoms with Crippen LogP contribution in [-0.4, -0.2) is 25.2 Å². The first kappa shape index (κ1) is 14.7. The molecule has 98 valence electrons. The summed E-state index contributed by atoms with van der Waals surface area (Å²) in [5, 5.41) is 8.74. The van der Waals surface area contributed by atoms with Crippen LogP contribution in [0.5, 0.6) is 0 Å². The number of halogens is 2. The van der Waals surface area contributed by atoms with Crippen molar-refractivity contribution in [2.75, 3.05) is 5.75 Å². The van der Waals surface area contributed by atoms with E-state index in [1.165, 1.54) is 6.92 Å². The summed E-state index contributed by atoms with van der Waals surface area (Å²) in [6, 6.07) is 2.62. The molecule has 0 aliphatic rings. The highest BCUT2D eigenvalue weighted by Gasteiger charge is 2.21. The summed E-state index contributed by atoms with van der Waals surface area (Å²) in [6.07, 6.45) is 0. The first-order valence-electron chi connectivity index (χ1n) is 4.79. The molecule has 0 aliphatic heterocycles. The summed E-state index contributed by atoms with van der Waals surface area (Å²) in [6.45, 7) is 1.48. The van der Waals surface area contributed by atoms with Crippen LogP contribution in [0.2, 0.25) is 0 Å². The lowest BCUT2D eigenvalue weighted by molar-refractivity contribution is 0.0696. The van der Waals surface area contributed by atoms with E-state index in [-0.39, 0.29) is 5.56 Å². The molecule has 0 heterocycles. The van der Waals surface area contributed by atoms with Crippen molar-refractivity contribution >= 4 is 27.4 Å². The topological polar surface area (TPSA) is 71.4 Å². The Hall–Kier alpha value is -1.40. The van der Waals surface area contributed by atoms with Crippen molar-refractivity contribution in [1.82, 2.24) is 0 Å². The maximum atomic E-state index is 13.5. The average Bonchev–Trinajstić information content (AvgIpc) is 2.28. The van der Waals surface area contributed by atoms with Gasteiger partial charge >= 0.3 is 5.97 Å². The first-order chi connectivity index (χ1) is 8.27. The van der Waals surface area contributed by atoms with Gasteiger partial charge in [-0.25, -0.2) is 17.6 Å². The highest BCUT2D eigenvalue weighted by molar-refractivity contribution is 7.91. The van der Waals surface area contributed by atoms with Crippen LogP contribution in [0.15, 0.2) is 34.2 Å². The smallest absolute Gasteiger partial charge is 0.335 e. The zero-order valence-electron chi connectivity index (χ0n) is 9.35. The molecule has 0 fully saturated rings. The lowest BCUT2D eigenvalue weighted by Gasteiger charge is -2.06. The van der Waals surface area contributed by atoms with Crippen molar-refractivity contribution in [3.8, 4) is 0 Å². The molecule has 0 radical (unpaired) electrons. The summed E-state index contributed by atoms with van der Waals surface area (Å²) >= 11 is 5.35. The molecule has 1 N–H and O–H groups in total. The summed E-state index contributed by atoms with van der Waals surface area (Å²) in [5.74, 6) is -2.77. The fourth-order valence-corrected chi connectivity index (χ4v) is 2.96. The molecule has 0 spiro atoms. The number of aromatic carboxylic acids is 1. The van der Waals surface area contributed by atoms with Crippen LogP contribution in [0.25, 0.3) is 0 Å². The van der Waals surface area contributed by atoms with Gasteiger partial charge in [-0.05, 0) is 30.7 Å². The number of hydrogen-bond donors (Lipinski definition) is 1. The zero-order chi connectivity index (χ0) is 13.9. The molecule has 0 amide bonds. The number of carboxylic acid groups (broad SMARTS) is 1. The van der Waals surface area contributed by atoms with E-state index in [9.17, 15) is 17.6 Å². The Morgan fingerprint density at radius 1 is 1.50 bits per heavy atom. The summed E-state index contributed by atoms with van der Waals surface area (Å²) in [5.41, 5.74) is 1.12. The Bertz CT molecular complexity index is 607. The van der Waals surface area contributed by atoms with E-state index in [0.29, 0.717) is 5.57 Å². The Morgan fingerprint density at radius 3 is 2.61 bits per heavy atom. The van der Waals surface area contributed by atoms with Crippen LogP contribution in [0.3, 0.4) is 0 Å². The lowest BCUT2D eigenvalue weighted by Crippen LogP contribution is -2.11. The number of carboxylic acids is 1. The largest absolute Gasteiger partial charge is 0.478 e. The monoisotopic (exact) mass is 292 g/mol. The van der Waals surface area contributed by atoms with Gasteiger partial charge in [-0.3, -0.25) is 0 Å². The van der Waals surface area contributed by atoms with Gasteiger partial charge in [-0.2, -0.15) is 0 Å². The predicted molar refractivity (Wildman–Crippen MR) is 65.0 cm³/mol. The zero-order valence-corrected chi connectivity index (χ0v) is 10.9. The van der Waals surface area contributed by atoms with Crippen LogP contribution in [0.1, 0.15) is 17.3 Å². The van der Waals surface area contributed by atoms with Crippen molar-refractivity contribution in [2.45, 2.75) is 11.8 Å². The van der Waals surface area contributed by atoms with Crippen LogP contribution in [0, 0.1) is 5.82 Å². The van der Waals surface area contributed by atoms with E-state index >= 15 is 0 Å². The normalized spacial score (nSPS) is 12.5. The third kappa shape index (κ3) is 3.30. The Labute approximate surface area is 109 Å². The Kier molecular flexibility index (Phi) is 4.48. The van der Waals surface area contributed by atoms with Gasteiger partial charge in [0.15, 0.2) is 9.84 Å². The molecule has 0 aliphatic carbocycles. The quantitative estimate of drug-likeness (QED) is 0.925. The lowest BCUT2D eigenvalue weighted by atomic mass is 10.2. The van der Waals surface area contributed by atoms with Gasteiger partial charge in [0.2, 0.25) is 0 Å². The van der Waals surface area contributed by atoms with Gasteiger partial charge in [0.25, 0.3) is 0 Å². The molecule has 0 aromatic heterocycles. The predicted octanol–water partition coefficient (Wildman–Crippen LogP) is 2.44. The molecule has 0 bridgehead atoms. The molecule has 4 nitrogen and oxygen atoms in total. The van der Waals surface area contributed by atoms with E-state index in [4.69, 9.17) is 16.7 Å². The van der Waals surface area contributed by atoms with E-state index in [1.54, 1.807) is 0 Å². The third-order valence-corrected chi connectivity index (χ3v) is 4.31. The SMILES string of the molecule is C/C(=C/Cl)CS(=O)(=O)c1cc(C(=O)O)ccc1F. The van der Waals surface area contributed by atoms with Crippen LogP contribution in [0.4, 0.5) is 4.39 Å². The van der Waals surface area contributed by atoms with Gasteiger partial charge in [-0.1, -0.05) is 11.6 Å². The van der Waals surface area contributed by atoms with Gasteiger partial charge in [-0.15, -0.1) is 0 Å². The van der Waals surface area contributed by atoms with Crippen LogP contribution >= 0.6 is 11.6 Å². The second-order valence-electron chi connectivity index (χ2n) is 3.66. The second-order valence-corrected chi connectivity index (χ2v) is 5.84. The molecule has 1 aromatic rings. The van der Waals surface area contributed by atoms with E-state index in [1.807, 2.05) is 0 Å². The molecular formula is C11H10ClFO4S. The van der Waals surface area contributed by atoms with Crippen molar-refractivity contribution < 1.29 is 22.7 Å². The molecule has 0 saturated heterocycles. The van der Waals surface area contributed by atoms with E-state index in [0.717, 1.165) is 23.7 Å². The van der Waals surface area contributed by atoms with Gasteiger partial charge < -0.3 is 5.11 Å².